The highest BCUT2D eigenvalue weighted by atomic mass is 16.6. The van der Waals surface area contributed by atoms with E-state index in [1.807, 2.05) is 27.7 Å². The lowest BCUT2D eigenvalue weighted by Gasteiger charge is -2.34. The van der Waals surface area contributed by atoms with Gasteiger partial charge in [-0.15, -0.1) is 0 Å². The summed E-state index contributed by atoms with van der Waals surface area (Å²) < 4.78 is 11.1. The summed E-state index contributed by atoms with van der Waals surface area (Å²) in [4.78, 5) is 20.8. The van der Waals surface area contributed by atoms with Crippen LogP contribution in [-0.4, -0.2) is 79.9 Å². The van der Waals surface area contributed by atoms with Crippen LogP contribution in [0.4, 0.5) is 4.79 Å². The molecular weight excluding hydrogens is 344 g/mol. The van der Waals surface area contributed by atoms with E-state index in [0.717, 1.165) is 45.0 Å². The van der Waals surface area contributed by atoms with Gasteiger partial charge in [0.2, 0.25) is 0 Å². The highest BCUT2D eigenvalue weighted by Crippen LogP contribution is 2.14. The standard InChI is InChI=1S/C20H40N4O3/c1-8-21-18(24-12-10-17(11-13-24)26-9-2)22-14-16(3)15-23(7)19(25)27-20(4,5)6/h16-17H,8-15H2,1-7H3,(H,21,22). The molecule has 0 radical (unpaired) electrons. The second kappa shape index (κ2) is 11.4. The maximum atomic E-state index is 12.1. The number of nitrogens with zero attached hydrogens (tertiary/aromatic N) is 3. The molecule has 7 nitrogen and oxygen atoms in total. The summed E-state index contributed by atoms with van der Waals surface area (Å²) in [7, 11) is 1.78. The highest BCUT2D eigenvalue weighted by molar-refractivity contribution is 5.80. The maximum absolute atomic E-state index is 12.1. The van der Waals surface area contributed by atoms with Crippen LogP contribution in [0.5, 0.6) is 0 Å². The van der Waals surface area contributed by atoms with E-state index in [2.05, 4.69) is 24.1 Å². The first-order valence-electron chi connectivity index (χ1n) is 10.2. The number of rotatable bonds is 7. The summed E-state index contributed by atoms with van der Waals surface area (Å²) >= 11 is 0. The van der Waals surface area contributed by atoms with Crippen LogP contribution in [0.25, 0.3) is 0 Å². The number of aliphatic imine (C=N–C) groups is 1. The van der Waals surface area contributed by atoms with Crippen molar-refractivity contribution in [1.29, 1.82) is 0 Å². The molecule has 0 spiro atoms. The molecule has 27 heavy (non-hydrogen) atoms. The third kappa shape index (κ3) is 9.31. The molecule has 7 heteroatoms. The Morgan fingerprint density at radius 2 is 1.93 bits per heavy atom. The predicted molar refractivity (Wildman–Crippen MR) is 110 cm³/mol. The largest absolute Gasteiger partial charge is 0.444 e. The van der Waals surface area contributed by atoms with Crippen LogP contribution in [0.3, 0.4) is 0 Å². The average molecular weight is 385 g/mol. The molecule has 0 aliphatic carbocycles. The van der Waals surface area contributed by atoms with E-state index in [0.29, 0.717) is 19.2 Å². The van der Waals surface area contributed by atoms with Gasteiger partial charge in [0.25, 0.3) is 0 Å². The smallest absolute Gasteiger partial charge is 0.410 e. The predicted octanol–water partition coefficient (Wildman–Crippen LogP) is 2.96. The first-order chi connectivity index (χ1) is 12.7. The van der Waals surface area contributed by atoms with Gasteiger partial charge in [-0.2, -0.15) is 0 Å². The molecular formula is C20H40N4O3. The zero-order valence-corrected chi connectivity index (χ0v) is 18.4. The van der Waals surface area contributed by atoms with E-state index >= 15 is 0 Å². The summed E-state index contributed by atoms with van der Waals surface area (Å²) in [5.74, 6) is 1.20. The van der Waals surface area contributed by atoms with E-state index in [1.165, 1.54) is 0 Å². The minimum atomic E-state index is -0.474. The number of guanidine groups is 1. The number of piperidine rings is 1. The van der Waals surface area contributed by atoms with E-state index in [4.69, 9.17) is 14.5 Å². The van der Waals surface area contributed by atoms with Gasteiger partial charge in [-0.3, -0.25) is 4.99 Å². The molecule has 1 amide bonds. The minimum Gasteiger partial charge on any atom is -0.444 e. The summed E-state index contributed by atoms with van der Waals surface area (Å²) in [5.41, 5.74) is -0.474. The Kier molecular flexibility index (Phi) is 9.91. The molecule has 1 aliphatic heterocycles. The quantitative estimate of drug-likeness (QED) is 0.540. The van der Waals surface area contributed by atoms with Gasteiger partial charge in [0.15, 0.2) is 5.96 Å². The first-order valence-corrected chi connectivity index (χ1v) is 10.2. The van der Waals surface area contributed by atoms with Gasteiger partial charge in [-0.1, -0.05) is 6.92 Å². The van der Waals surface area contributed by atoms with Gasteiger partial charge in [0.05, 0.1) is 6.10 Å². The SMILES string of the molecule is CCNC(=NCC(C)CN(C)C(=O)OC(C)(C)C)N1CCC(OCC)CC1. The van der Waals surface area contributed by atoms with Crippen molar-refractivity contribution in [2.24, 2.45) is 10.9 Å². The summed E-state index contributed by atoms with van der Waals surface area (Å²) in [5, 5.41) is 3.39. The average Bonchev–Trinajstić information content (AvgIpc) is 2.58. The van der Waals surface area contributed by atoms with Crippen molar-refractivity contribution in [3.63, 3.8) is 0 Å². The zero-order chi connectivity index (χ0) is 20.4. The lowest BCUT2D eigenvalue weighted by Crippen LogP contribution is -2.47. The highest BCUT2D eigenvalue weighted by Gasteiger charge is 2.23. The molecule has 1 N–H and O–H groups in total. The number of hydrogen-bond donors (Lipinski definition) is 1. The summed E-state index contributed by atoms with van der Waals surface area (Å²) in [6, 6.07) is 0. The number of likely N-dealkylation sites (tertiary alicyclic amines) is 1. The van der Waals surface area contributed by atoms with Crippen LogP contribution >= 0.6 is 0 Å². The molecule has 1 rings (SSSR count). The topological polar surface area (TPSA) is 66.4 Å². The van der Waals surface area contributed by atoms with Crippen LogP contribution < -0.4 is 5.32 Å². The summed E-state index contributed by atoms with van der Waals surface area (Å²) in [6.45, 7) is 16.7. The Morgan fingerprint density at radius 1 is 1.30 bits per heavy atom. The Balaban J connectivity index is 2.53. The van der Waals surface area contributed by atoms with Crippen LogP contribution in [0, 0.1) is 5.92 Å². The third-order valence-corrected chi connectivity index (χ3v) is 4.32. The molecule has 1 heterocycles. The fourth-order valence-electron chi connectivity index (χ4n) is 3.08. The van der Waals surface area contributed by atoms with E-state index in [9.17, 15) is 4.79 Å². The number of carbonyl (C=O) groups is 1. The van der Waals surface area contributed by atoms with Gasteiger partial charge in [0.1, 0.15) is 5.60 Å². The van der Waals surface area contributed by atoms with E-state index < -0.39 is 5.60 Å². The zero-order valence-electron chi connectivity index (χ0n) is 18.4. The van der Waals surface area contributed by atoms with E-state index in [-0.39, 0.29) is 12.0 Å². The van der Waals surface area contributed by atoms with Crippen molar-refractivity contribution in [2.75, 3.05) is 46.4 Å². The van der Waals surface area contributed by atoms with Gasteiger partial charge in [-0.25, -0.2) is 4.79 Å². The normalized spacial score (nSPS) is 17.6. The number of amides is 1. The van der Waals surface area contributed by atoms with Crippen molar-refractivity contribution in [1.82, 2.24) is 15.1 Å². The molecule has 0 saturated carbocycles. The van der Waals surface area contributed by atoms with Crippen molar-refractivity contribution in [3.8, 4) is 0 Å². The number of hydrogen-bond acceptors (Lipinski definition) is 4. The fraction of sp³-hybridized carbons (Fsp3) is 0.900. The molecule has 1 aliphatic rings. The van der Waals surface area contributed by atoms with Gasteiger partial charge >= 0.3 is 6.09 Å². The van der Waals surface area contributed by atoms with Crippen molar-refractivity contribution < 1.29 is 14.3 Å². The van der Waals surface area contributed by atoms with Gasteiger partial charge in [-0.05, 0) is 53.4 Å². The molecule has 1 atom stereocenters. The molecule has 158 valence electrons. The van der Waals surface area contributed by atoms with Crippen molar-refractivity contribution in [2.45, 2.75) is 66.1 Å². The monoisotopic (exact) mass is 384 g/mol. The van der Waals surface area contributed by atoms with Crippen molar-refractivity contribution >= 4 is 12.1 Å². The number of carbonyl (C=O) groups excluding carboxylic acids is 1. The van der Waals surface area contributed by atoms with Crippen LogP contribution in [0.1, 0.15) is 54.4 Å². The molecule has 1 fully saturated rings. The molecule has 0 bridgehead atoms. The van der Waals surface area contributed by atoms with Gasteiger partial charge < -0.3 is 24.6 Å². The Labute approximate surface area is 165 Å². The Morgan fingerprint density at radius 3 is 2.44 bits per heavy atom. The number of ether oxygens (including phenoxy) is 2. The van der Waals surface area contributed by atoms with Crippen LogP contribution in [0.2, 0.25) is 0 Å². The van der Waals surface area contributed by atoms with Gasteiger partial charge in [0, 0.05) is 46.4 Å². The second-order valence-electron chi connectivity index (χ2n) is 8.30. The van der Waals surface area contributed by atoms with Crippen molar-refractivity contribution in [3.05, 3.63) is 0 Å². The molecule has 1 saturated heterocycles. The molecule has 0 aromatic rings. The van der Waals surface area contributed by atoms with Crippen LogP contribution in [0.15, 0.2) is 4.99 Å². The second-order valence-corrected chi connectivity index (χ2v) is 8.30. The molecule has 0 aromatic carbocycles. The summed E-state index contributed by atoms with van der Waals surface area (Å²) in [6.07, 6.45) is 2.16. The fourth-order valence-corrected chi connectivity index (χ4v) is 3.08. The molecule has 1 unspecified atom stereocenters. The Hall–Kier alpha value is -1.50. The van der Waals surface area contributed by atoms with E-state index in [1.54, 1.807) is 11.9 Å². The first kappa shape index (κ1) is 23.5. The molecule has 0 aromatic heterocycles. The third-order valence-electron chi connectivity index (χ3n) is 4.32. The lowest BCUT2D eigenvalue weighted by molar-refractivity contribution is 0.0263. The Bertz CT molecular complexity index is 468. The minimum absolute atomic E-state index is 0.247. The van der Waals surface area contributed by atoms with Crippen LogP contribution in [-0.2, 0) is 9.47 Å². The maximum Gasteiger partial charge on any atom is 0.410 e. The lowest BCUT2D eigenvalue weighted by atomic mass is 10.1. The number of nitrogens with one attached hydrogen (secondary N) is 1.